The van der Waals surface area contributed by atoms with E-state index < -0.39 is 25.4 Å². The Labute approximate surface area is 199 Å². The predicted molar refractivity (Wildman–Crippen MR) is 133 cm³/mol. The molecule has 0 N–H and O–H groups in total. The molecule has 5 nitrogen and oxygen atoms in total. The monoisotopic (exact) mass is 469 g/mol. The average molecular weight is 470 g/mol. The number of nitrogens with zero attached hydrogens (tertiary/aromatic N) is 1. The Morgan fingerprint density at radius 1 is 1.12 bits per heavy atom. The van der Waals surface area contributed by atoms with E-state index in [0.29, 0.717) is 16.6 Å². The van der Waals surface area contributed by atoms with Gasteiger partial charge in [0, 0.05) is 18.7 Å². The maximum atomic E-state index is 13.3. The Hall–Kier alpha value is -1.63. The zero-order chi connectivity index (χ0) is 23.9. The molecule has 4 aliphatic rings. The number of likely N-dealkylation sites (tertiary alicyclic amines) is 1. The minimum atomic E-state index is -2.19. The Morgan fingerprint density at radius 3 is 2.39 bits per heavy atom. The first kappa shape index (κ1) is 23.1. The van der Waals surface area contributed by atoms with Crippen molar-refractivity contribution in [2.24, 2.45) is 0 Å². The van der Waals surface area contributed by atoms with Gasteiger partial charge in [-0.15, -0.1) is 0 Å². The molecule has 2 aliphatic carbocycles. The van der Waals surface area contributed by atoms with Gasteiger partial charge < -0.3 is 13.9 Å². The minimum Gasteiger partial charge on any atom is -0.540 e. The number of hydrogen-bond acceptors (Lipinski definition) is 5. The van der Waals surface area contributed by atoms with Gasteiger partial charge in [-0.05, 0) is 66.8 Å². The summed E-state index contributed by atoms with van der Waals surface area (Å²) in [6.45, 7) is 14.7. The van der Waals surface area contributed by atoms with E-state index >= 15 is 0 Å². The fraction of sp³-hybridized carbons (Fsp3) is 0.667. The van der Waals surface area contributed by atoms with Gasteiger partial charge in [0.05, 0.1) is 5.41 Å². The molecule has 2 heterocycles. The van der Waals surface area contributed by atoms with Gasteiger partial charge in [0.25, 0.3) is 8.32 Å². The summed E-state index contributed by atoms with van der Waals surface area (Å²) >= 11 is 0. The number of carbonyl (C=O) groups excluding carboxylic acids is 1. The number of carbonyl (C=O) groups is 1. The molecule has 0 radical (unpaired) electrons. The number of ketones is 1. The molecule has 1 spiro atoms. The Balaban J connectivity index is 1.73. The highest BCUT2D eigenvalue weighted by atomic mass is 28.4. The van der Waals surface area contributed by atoms with Gasteiger partial charge in [-0.2, -0.15) is 0 Å². The third-order valence-electron chi connectivity index (χ3n) is 9.42. The van der Waals surface area contributed by atoms with Gasteiger partial charge in [0.15, 0.2) is 17.6 Å². The molecule has 0 aromatic heterocycles. The summed E-state index contributed by atoms with van der Waals surface area (Å²) in [5.41, 5.74) is 2.75. The molecule has 5 rings (SSSR count). The normalized spacial score (nSPS) is 32.5. The molecule has 1 unspecified atom stereocenters. The van der Waals surface area contributed by atoms with Crippen LogP contribution in [-0.4, -0.2) is 57.4 Å². The fourth-order valence-electron chi connectivity index (χ4n) is 8.10. The highest BCUT2D eigenvalue weighted by Crippen LogP contribution is 2.65. The molecular weight excluding hydrogens is 430 g/mol. The summed E-state index contributed by atoms with van der Waals surface area (Å²) in [6, 6.07) is 4.52. The second-order valence-electron chi connectivity index (χ2n) is 11.5. The number of rotatable bonds is 6. The number of methoxy groups -OCH3 is 1. The van der Waals surface area contributed by atoms with Crippen LogP contribution in [0.1, 0.15) is 59.1 Å². The van der Waals surface area contributed by atoms with E-state index in [4.69, 9.17) is 13.9 Å². The largest absolute Gasteiger partial charge is 0.540 e. The molecule has 33 heavy (non-hydrogen) atoms. The molecule has 0 saturated carbocycles. The molecule has 1 aromatic carbocycles. The van der Waals surface area contributed by atoms with Crippen LogP contribution in [0.3, 0.4) is 0 Å². The summed E-state index contributed by atoms with van der Waals surface area (Å²) in [7, 11) is 1.78. The SMILES string of the molecule is COC12C=CC(=O)[C@@H]3Oc4c(O[Si](C(C)C)(C(C)C)C(C)C)ccc5c4[C@@]31CCN(C)[C@@H]2C5. The van der Waals surface area contributed by atoms with E-state index in [-0.39, 0.29) is 11.8 Å². The van der Waals surface area contributed by atoms with E-state index in [1.807, 2.05) is 6.08 Å². The van der Waals surface area contributed by atoms with Crippen molar-refractivity contribution in [1.29, 1.82) is 0 Å². The Bertz CT molecular complexity index is 996. The van der Waals surface area contributed by atoms with E-state index in [2.05, 4.69) is 65.6 Å². The topological polar surface area (TPSA) is 48.0 Å². The smallest absolute Gasteiger partial charge is 0.258 e. The van der Waals surface area contributed by atoms with E-state index in [9.17, 15) is 4.79 Å². The molecular formula is C27H39NO4Si. The third-order valence-corrected chi connectivity index (χ3v) is 15.4. The van der Waals surface area contributed by atoms with Crippen molar-refractivity contribution in [3.8, 4) is 11.5 Å². The number of hydrogen-bond donors (Lipinski definition) is 0. The predicted octanol–water partition coefficient (Wildman–Crippen LogP) is 5.02. The Kier molecular flexibility index (Phi) is 5.21. The minimum absolute atomic E-state index is 0.0427. The second-order valence-corrected chi connectivity index (χ2v) is 16.9. The van der Waals surface area contributed by atoms with Gasteiger partial charge in [-0.3, -0.25) is 9.69 Å². The number of piperidine rings is 1. The second kappa shape index (κ2) is 7.43. The average Bonchev–Trinajstić information content (AvgIpc) is 3.12. The van der Waals surface area contributed by atoms with Gasteiger partial charge in [-0.1, -0.05) is 47.6 Å². The fourth-order valence-corrected chi connectivity index (χ4v) is 13.3. The van der Waals surface area contributed by atoms with Gasteiger partial charge in [0.1, 0.15) is 11.4 Å². The zero-order valence-electron chi connectivity index (χ0n) is 21.4. The summed E-state index contributed by atoms with van der Waals surface area (Å²) in [4.78, 5) is 15.7. The molecule has 180 valence electrons. The highest BCUT2D eigenvalue weighted by molar-refractivity contribution is 6.78. The van der Waals surface area contributed by atoms with Crippen molar-refractivity contribution in [2.75, 3.05) is 20.7 Å². The first-order valence-corrected chi connectivity index (χ1v) is 14.7. The van der Waals surface area contributed by atoms with Crippen LogP contribution in [0, 0.1) is 0 Å². The van der Waals surface area contributed by atoms with Crippen molar-refractivity contribution in [3.05, 3.63) is 35.4 Å². The number of likely N-dealkylation sites (N-methyl/N-ethyl adjacent to an activating group) is 1. The Morgan fingerprint density at radius 2 is 1.79 bits per heavy atom. The molecule has 2 bridgehead atoms. The lowest BCUT2D eigenvalue weighted by Gasteiger charge is -2.61. The first-order valence-electron chi connectivity index (χ1n) is 12.6. The van der Waals surface area contributed by atoms with Crippen molar-refractivity contribution >= 4 is 14.1 Å². The molecule has 1 aromatic rings. The summed E-state index contributed by atoms with van der Waals surface area (Å²) in [6.07, 6.45) is 4.90. The van der Waals surface area contributed by atoms with Crippen molar-refractivity contribution in [2.45, 2.75) is 94.2 Å². The van der Waals surface area contributed by atoms with Crippen LogP contribution in [0.2, 0.25) is 16.6 Å². The maximum Gasteiger partial charge on any atom is 0.258 e. The van der Waals surface area contributed by atoms with Crippen molar-refractivity contribution in [3.63, 3.8) is 0 Å². The van der Waals surface area contributed by atoms with Gasteiger partial charge in [0.2, 0.25) is 0 Å². The highest BCUT2D eigenvalue weighted by Gasteiger charge is 2.72. The van der Waals surface area contributed by atoms with Crippen LogP contribution < -0.4 is 9.16 Å². The quantitative estimate of drug-likeness (QED) is 0.547. The summed E-state index contributed by atoms with van der Waals surface area (Å²) in [5, 5.41) is 0. The standard InChI is InChI=1S/C27H39NO4Si/c1-16(2)33(17(3)4,18(5)6)32-21-10-9-19-15-22-27(30-8)12-11-20(29)25-26(27,13-14-28(22)7)23(19)24(21)31-25/h9-12,16-18,22,25H,13-15H2,1-8H3/t22-,25+,26+,27?/m1/s1. The molecule has 4 atom stereocenters. The summed E-state index contributed by atoms with van der Waals surface area (Å²) in [5.74, 6) is 1.68. The lowest BCUT2D eigenvalue weighted by molar-refractivity contribution is -0.162. The van der Waals surface area contributed by atoms with E-state index in [0.717, 1.165) is 30.9 Å². The lowest BCUT2D eigenvalue weighted by Crippen LogP contribution is -2.75. The van der Waals surface area contributed by atoms with Crippen molar-refractivity contribution < 1.29 is 18.7 Å². The maximum absolute atomic E-state index is 13.3. The summed E-state index contributed by atoms with van der Waals surface area (Å²) < 4.78 is 20.2. The lowest BCUT2D eigenvalue weighted by atomic mass is 9.50. The zero-order valence-corrected chi connectivity index (χ0v) is 22.4. The molecule has 1 fully saturated rings. The van der Waals surface area contributed by atoms with Crippen LogP contribution in [-0.2, 0) is 21.4 Å². The van der Waals surface area contributed by atoms with Crippen LogP contribution in [0.4, 0.5) is 0 Å². The van der Waals surface area contributed by atoms with Crippen LogP contribution in [0.25, 0.3) is 0 Å². The molecule has 0 amide bonds. The number of ether oxygens (including phenoxy) is 2. The van der Waals surface area contributed by atoms with Crippen molar-refractivity contribution in [1.82, 2.24) is 4.90 Å². The van der Waals surface area contributed by atoms with Crippen LogP contribution >= 0.6 is 0 Å². The van der Waals surface area contributed by atoms with Gasteiger partial charge >= 0.3 is 0 Å². The third kappa shape index (κ3) is 2.63. The van der Waals surface area contributed by atoms with Crippen LogP contribution in [0.5, 0.6) is 11.5 Å². The molecule has 6 heteroatoms. The molecule has 2 aliphatic heterocycles. The van der Waals surface area contributed by atoms with Gasteiger partial charge in [-0.25, -0.2) is 0 Å². The van der Waals surface area contributed by atoms with E-state index in [1.165, 1.54) is 11.1 Å². The van der Waals surface area contributed by atoms with Crippen LogP contribution in [0.15, 0.2) is 24.3 Å². The van der Waals surface area contributed by atoms with E-state index in [1.54, 1.807) is 13.2 Å². The number of benzene rings is 1. The molecule has 1 saturated heterocycles. The first-order chi connectivity index (χ1) is 15.6.